The normalized spacial score (nSPS) is 12.3. The lowest BCUT2D eigenvalue weighted by molar-refractivity contribution is 0.0588. The van der Waals surface area contributed by atoms with Crippen LogP contribution < -0.4 is 15.4 Å². The maximum absolute atomic E-state index is 12.4. The second-order valence-electron chi connectivity index (χ2n) is 5.92. The molecule has 0 spiro atoms. The summed E-state index contributed by atoms with van der Waals surface area (Å²) in [7, 11) is 4.31. The Hall–Kier alpha value is -3.66. The van der Waals surface area contributed by atoms with Gasteiger partial charge >= 0.3 is 5.97 Å². The molecule has 10 nitrogen and oxygen atoms in total. The summed E-state index contributed by atoms with van der Waals surface area (Å²) in [5.41, 5.74) is 1.42. The van der Waals surface area contributed by atoms with Crippen molar-refractivity contribution in [2.45, 2.75) is 0 Å². The number of hydrogen-bond donors (Lipinski definition) is 2. The summed E-state index contributed by atoms with van der Waals surface area (Å²) >= 11 is 5.94. The zero-order chi connectivity index (χ0) is 24.3. The average Bonchev–Trinajstić information content (AvgIpc) is 3.13. The molecule has 156 valence electrons. The van der Waals surface area contributed by atoms with Crippen molar-refractivity contribution in [3.63, 3.8) is 0 Å². The van der Waals surface area contributed by atoms with Crippen molar-refractivity contribution in [2.75, 3.05) is 26.5 Å². The van der Waals surface area contributed by atoms with E-state index in [1.54, 1.807) is 31.3 Å². The molecule has 0 atom stereocenters. The minimum atomic E-state index is -2.72. The van der Waals surface area contributed by atoms with Gasteiger partial charge in [-0.15, -0.1) is 10.2 Å². The van der Waals surface area contributed by atoms with Crippen LogP contribution in [0.3, 0.4) is 0 Å². The SMILES string of the molecule is [2H]C([2H])([2H])NC(=O)c1nnc(Cl)cc1Nc1cccc(-c2cc(C(=O)OC)n(C)n2)c1OC. The van der Waals surface area contributed by atoms with Gasteiger partial charge in [0.05, 0.1) is 31.3 Å². The smallest absolute Gasteiger partial charge is 0.356 e. The first-order chi connectivity index (χ1) is 15.5. The van der Waals surface area contributed by atoms with Gasteiger partial charge in [0, 0.05) is 29.8 Å². The molecule has 2 aromatic heterocycles. The fourth-order valence-corrected chi connectivity index (χ4v) is 2.93. The van der Waals surface area contributed by atoms with E-state index in [1.165, 1.54) is 25.0 Å². The van der Waals surface area contributed by atoms with E-state index in [2.05, 4.69) is 20.6 Å². The molecule has 0 saturated heterocycles. The van der Waals surface area contributed by atoms with Crippen LogP contribution >= 0.6 is 11.6 Å². The summed E-state index contributed by atoms with van der Waals surface area (Å²) in [6, 6.07) is 7.96. The monoisotopic (exact) mass is 433 g/mol. The number of para-hydroxylation sites is 1. The highest BCUT2D eigenvalue weighted by Crippen LogP contribution is 2.38. The lowest BCUT2D eigenvalue weighted by Crippen LogP contribution is -2.21. The number of aryl methyl sites for hydroxylation is 1. The molecule has 30 heavy (non-hydrogen) atoms. The standard InChI is InChI=1S/C19H19ClN6O4/c1-21-18(27)16-13(9-15(20)23-24-16)22-11-7-5-6-10(17(11)29-3)12-8-14(19(28)30-4)26(2)25-12/h5-9H,1-4H3,(H,21,27)(H,22,23)/i1D3. The minimum absolute atomic E-state index is 0.0227. The summed E-state index contributed by atoms with van der Waals surface area (Å²) < 4.78 is 33.4. The van der Waals surface area contributed by atoms with Gasteiger partial charge in [-0.3, -0.25) is 9.48 Å². The lowest BCUT2D eigenvalue weighted by atomic mass is 10.1. The molecule has 3 aromatic rings. The highest BCUT2D eigenvalue weighted by atomic mass is 35.5. The number of carbonyl (C=O) groups excluding carboxylic acids is 2. The number of esters is 1. The highest BCUT2D eigenvalue weighted by Gasteiger charge is 2.20. The van der Waals surface area contributed by atoms with Crippen LogP contribution in [0.1, 0.15) is 25.1 Å². The minimum Gasteiger partial charge on any atom is -0.494 e. The van der Waals surface area contributed by atoms with Crippen molar-refractivity contribution in [3.05, 3.63) is 46.9 Å². The molecule has 0 aliphatic heterocycles. The first kappa shape index (κ1) is 17.2. The number of ether oxygens (including phenoxy) is 2. The summed E-state index contributed by atoms with van der Waals surface area (Å²) in [6.45, 7) is -2.72. The second-order valence-corrected chi connectivity index (χ2v) is 6.31. The number of methoxy groups -OCH3 is 2. The van der Waals surface area contributed by atoms with Crippen LogP contribution in [0.15, 0.2) is 30.3 Å². The van der Waals surface area contributed by atoms with E-state index in [0.29, 0.717) is 22.7 Å². The van der Waals surface area contributed by atoms with Gasteiger partial charge < -0.3 is 20.1 Å². The molecule has 3 rings (SSSR count). The molecule has 0 bridgehead atoms. The highest BCUT2D eigenvalue weighted by molar-refractivity contribution is 6.29. The molecule has 0 radical (unpaired) electrons. The Bertz CT molecular complexity index is 1210. The molecular weight excluding hydrogens is 412 g/mol. The Morgan fingerprint density at radius 2 is 2.00 bits per heavy atom. The van der Waals surface area contributed by atoms with Crippen LogP contribution in [0.25, 0.3) is 11.3 Å². The summed E-state index contributed by atoms with van der Waals surface area (Å²) in [6.07, 6.45) is 0. The number of anilines is 2. The molecular formula is C19H19ClN6O4. The first-order valence-electron chi connectivity index (χ1n) is 9.96. The van der Waals surface area contributed by atoms with Crippen molar-refractivity contribution in [2.24, 2.45) is 7.05 Å². The third-order valence-electron chi connectivity index (χ3n) is 4.13. The van der Waals surface area contributed by atoms with Crippen molar-refractivity contribution in [1.82, 2.24) is 25.3 Å². The largest absolute Gasteiger partial charge is 0.494 e. The van der Waals surface area contributed by atoms with E-state index in [1.807, 2.05) is 5.32 Å². The van der Waals surface area contributed by atoms with E-state index < -0.39 is 18.9 Å². The maximum atomic E-state index is 12.4. The average molecular weight is 434 g/mol. The molecule has 1 aromatic carbocycles. The Labute approximate surface area is 181 Å². The number of carbonyl (C=O) groups is 2. The number of aromatic nitrogens is 4. The van der Waals surface area contributed by atoms with E-state index in [4.69, 9.17) is 25.2 Å². The number of nitrogens with one attached hydrogen (secondary N) is 2. The van der Waals surface area contributed by atoms with Gasteiger partial charge in [0.25, 0.3) is 5.91 Å². The lowest BCUT2D eigenvalue weighted by Gasteiger charge is -2.15. The predicted molar refractivity (Wildman–Crippen MR) is 110 cm³/mol. The number of amides is 1. The van der Waals surface area contributed by atoms with Gasteiger partial charge in [-0.1, -0.05) is 17.7 Å². The molecule has 1 amide bonds. The third-order valence-corrected chi connectivity index (χ3v) is 4.32. The van der Waals surface area contributed by atoms with Crippen molar-refractivity contribution < 1.29 is 23.2 Å². The summed E-state index contributed by atoms with van der Waals surface area (Å²) in [5, 5.41) is 16.5. The van der Waals surface area contributed by atoms with Gasteiger partial charge in [-0.2, -0.15) is 5.10 Å². The fraction of sp³-hybridized carbons (Fsp3) is 0.211. The fourth-order valence-electron chi connectivity index (χ4n) is 2.79. The predicted octanol–water partition coefficient (Wildman–Crippen LogP) is 2.43. The van der Waals surface area contributed by atoms with E-state index in [0.717, 1.165) is 0 Å². The van der Waals surface area contributed by atoms with Crippen molar-refractivity contribution in [1.29, 1.82) is 0 Å². The summed E-state index contributed by atoms with van der Waals surface area (Å²) in [4.78, 5) is 24.4. The van der Waals surface area contributed by atoms with Gasteiger partial charge in [-0.25, -0.2) is 4.79 Å². The third kappa shape index (κ3) is 4.03. The zero-order valence-corrected chi connectivity index (χ0v) is 16.9. The van der Waals surface area contributed by atoms with Crippen LogP contribution in [-0.4, -0.2) is 53.0 Å². The van der Waals surface area contributed by atoms with E-state index >= 15 is 0 Å². The van der Waals surface area contributed by atoms with Gasteiger partial charge in [0.2, 0.25) is 0 Å². The number of halogens is 1. The van der Waals surface area contributed by atoms with Crippen LogP contribution in [0.4, 0.5) is 11.4 Å². The van der Waals surface area contributed by atoms with Crippen molar-refractivity contribution >= 4 is 34.9 Å². The van der Waals surface area contributed by atoms with Gasteiger partial charge in [0.15, 0.2) is 16.6 Å². The Morgan fingerprint density at radius 3 is 2.70 bits per heavy atom. The number of nitrogens with zero attached hydrogens (tertiary/aromatic N) is 4. The molecule has 0 aliphatic rings. The molecule has 0 aliphatic carbocycles. The number of rotatable bonds is 6. The van der Waals surface area contributed by atoms with Crippen LogP contribution in [-0.2, 0) is 11.8 Å². The number of hydrogen-bond acceptors (Lipinski definition) is 8. The zero-order valence-electron chi connectivity index (χ0n) is 19.2. The van der Waals surface area contributed by atoms with Crippen molar-refractivity contribution in [3.8, 4) is 17.0 Å². The molecule has 11 heteroatoms. The molecule has 0 fully saturated rings. The van der Waals surface area contributed by atoms with Gasteiger partial charge in [-0.05, 0) is 18.2 Å². The molecule has 2 heterocycles. The van der Waals surface area contributed by atoms with E-state index in [9.17, 15) is 9.59 Å². The molecule has 0 unspecified atom stereocenters. The topological polar surface area (TPSA) is 120 Å². The molecule has 2 N–H and O–H groups in total. The molecule has 0 saturated carbocycles. The van der Waals surface area contributed by atoms with Crippen LogP contribution in [0.5, 0.6) is 5.75 Å². The van der Waals surface area contributed by atoms with Crippen LogP contribution in [0, 0.1) is 0 Å². The van der Waals surface area contributed by atoms with Crippen LogP contribution in [0.2, 0.25) is 5.15 Å². The quantitative estimate of drug-likeness (QED) is 0.568. The second kappa shape index (κ2) is 8.78. The van der Waals surface area contributed by atoms with E-state index in [-0.39, 0.29) is 22.2 Å². The number of benzene rings is 1. The Kier molecular flexibility index (Phi) is 5.04. The first-order valence-corrected chi connectivity index (χ1v) is 8.84. The maximum Gasteiger partial charge on any atom is 0.356 e. The van der Waals surface area contributed by atoms with Gasteiger partial charge in [0.1, 0.15) is 5.69 Å². The Morgan fingerprint density at radius 1 is 1.20 bits per heavy atom. The Balaban J connectivity index is 2.04. The summed E-state index contributed by atoms with van der Waals surface area (Å²) in [5.74, 6) is -1.18.